The first-order valence-electron chi connectivity index (χ1n) is 10.4. The van der Waals surface area contributed by atoms with Crippen molar-refractivity contribution in [2.45, 2.75) is 57.3 Å². The van der Waals surface area contributed by atoms with Crippen LogP contribution in [-0.4, -0.2) is 37.2 Å². The van der Waals surface area contributed by atoms with E-state index in [9.17, 15) is 0 Å². The average Bonchev–Trinajstić information content (AvgIpc) is 3.23. The molecule has 0 bridgehead atoms. The molecule has 1 aliphatic carbocycles. The molecule has 144 valence electrons. The molecule has 1 heterocycles. The number of rotatable bonds is 6. The maximum Gasteiger partial charge on any atom is 0.119 e. The molecule has 0 atom stereocenters. The summed E-state index contributed by atoms with van der Waals surface area (Å²) in [6.07, 6.45) is 8.15. The molecule has 1 saturated carbocycles. The highest BCUT2D eigenvalue weighted by atomic mass is 16.5. The molecule has 2 aromatic carbocycles. The minimum Gasteiger partial charge on any atom is -0.490 e. The van der Waals surface area contributed by atoms with Gasteiger partial charge in [0.15, 0.2) is 0 Å². The lowest BCUT2D eigenvalue weighted by Crippen LogP contribution is -2.35. The molecular weight excluding hydrogens is 334 g/mol. The summed E-state index contributed by atoms with van der Waals surface area (Å²) in [7, 11) is 2.18. The zero-order valence-corrected chi connectivity index (χ0v) is 16.4. The van der Waals surface area contributed by atoms with Crippen molar-refractivity contribution in [2.24, 2.45) is 0 Å². The maximum atomic E-state index is 6.15. The summed E-state index contributed by atoms with van der Waals surface area (Å²) in [6.45, 7) is 2.98. The van der Waals surface area contributed by atoms with Gasteiger partial charge >= 0.3 is 0 Å². The van der Waals surface area contributed by atoms with Crippen molar-refractivity contribution in [3.63, 3.8) is 0 Å². The summed E-state index contributed by atoms with van der Waals surface area (Å²) in [6, 6.07) is 17.3. The molecular formula is C24H31NO2. The Morgan fingerprint density at radius 3 is 2.00 bits per heavy atom. The highest BCUT2D eigenvalue weighted by molar-refractivity contribution is 5.64. The molecule has 0 spiro atoms. The minimum atomic E-state index is 0.353. The van der Waals surface area contributed by atoms with Crippen molar-refractivity contribution >= 4 is 0 Å². The van der Waals surface area contributed by atoms with Crippen LogP contribution in [0, 0.1) is 0 Å². The summed E-state index contributed by atoms with van der Waals surface area (Å²) >= 11 is 0. The first-order chi connectivity index (χ1) is 13.3. The second-order valence-corrected chi connectivity index (χ2v) is 8.06. The van der Waals surface area contributed by atoms with Crippen molar-refractivity contribution in [2.75, 3.05) is 20.1 Å². The zero-order chi connectivity index (χ0) is 18.5. The molecule has 2 aliphatic rings. The van der Waals surface area contributed by atoms with E-state index in [1.54, 1.807) is 0 Å². The standard InChI is InChI=1S/C24H31NO2/c1-25-16-14-24(15-17-25)27-23-12-10-21(11-13-23)20-8-6-19(7-9-20)18-26-22-4-2-3-5-22/h6-13,22,24H,2-5,14-18H2,1H3. The molecule has 2 aromatic rings. The van der Waals surface area contributed by atoms with Gasteiger partial charge in [0.25, 0.3) is 0 Å². The number of benzene rings is 2. The second kappa shape index (κ2) is 8.90. The third-order valence-electron chi connectivity index (χ3n) is 5.90. The molecule has 2 fully saturated rings. The number of piperidine rings is 1. The molecule has 0 radical (unpaired) electrons. The minimum absolute atomic E-state index is 0.353. The smallest absolute Gasteiger partial charge is 0.119 e. The summed E-state index contributed by atoms with van der Waals surface area (Å²) in [5.41, 5.74) is 3.73. The normalized spacial score (nSPS) is 19.4. The lowest BCUT2D eigenvalue weighted by molar-refractivity contribution is 0.0457. The Morgan fingerprint density at radius 2 is 1.37 bits per heavy atom. The predicted molar refractivity (Wildman–Crippen MR) is 110 cm³/mol. The van der Waals surface area contributed by atoms with Crippen LogP contribution < -0.4 is 4.74 Å². The third kappa shape index (κ3) is 5.12. The number of hydrogen-bond donors (Lipinski definition) is 0. The highest BCUT2D eigenvalue weighted by Gasteiger charge is 2.18. The predicted octanol–water partition coefficient (Wildman–Crippen LogP) is 5.29. The van der Waals surface area contributed by atoms with Crippen molar-refractivity contribution in [1.29, 1.82) is 0 Å². The van der Waals surface area contributed by atoms with Gasteiger partial charge in [-0.2, -0.15) is 0 Å². The molecule has 0 N–H and O–H groups in total. The van der Waals surface area contributed by atoms with Crippen LogP contribution in [0.4, 0.5) is 0 Å². The van der Waals surface area contributed by atoms with Crippen LogP contribution in [0.3, 0.4) is 0 Å². The Morgan fingerprint density at radius 1 is 0.778 bits per heavy atom. The highest BCUT2D eigenvalue weighted by Crippen LogP contribution is 2.26. The monoisotopic (exact) mass is 365 g/mol. The first kappa shape index (κ1) is 18.5. The van der Waals surface area contributed by atoms with E-state index >= 15 is 0 Å². The summed E-state index contributed by atoms with van der Waals surface area (Å²) in [4.78, 5) is 2.37. The molecule has 4 rings (SSSR count). The molecule has 1 saturated heterocycles. The summed E-state index contributed by atoms with van der Waals surface area (Å²) in [5.74, 6) is 0.981. The van der Waals surface area contributed by atoms with Crippen LogP contribution in [0.1, 0.15) is 44.1 Å². The van der Waals surface area contributed by atoms with Gasteiger partial charge in [-0.15, -0.1) is 0 Å². The van der Waals surface area contributed by atoms with Crippen LogP contribution in [0.5, 0.6) is 5.75 Å². The van der Waals surface area contributed by atoms with E-state index in [0.717, 1.165) is 38.3 Å². The van der Waals surface area contributed by atoms with E-state index in [-0.39, 0.29) is 0 Å². The van der Waals surface area contributed by atoms with Crippen molar-refractivity contribution in [1.82, 2.24) is 4.90 Å². The lowest BCUT2D eigenvalue weighted by atomic mass is 10.0. The SMILES string of the molecule is CN1CCC(Oc2ccc(-c3ccc(COC4CCCC4)cc3)cc2)CC1. The zero-order valence-electron chi connectivity index (χ0n) is 16.4. The fraction of sp³-hybridized carbons (Fsp3) is 0.500. The van der Waals surface area contributed by atoms with E-state index < -0.39 is 0 Å². The van der Waals surface area contributed by atoms with Gasteiger partial charge in [0.2, 0.25) is 0 Å². The molecule has 3 heteroatoms. The summed E-state index contributed by atoms with van der Waals surface area (Å²) in [5, 5.41) is 0. The van der Waals surface area contributed by atoms with Gasteiger partial charge in [-0.3, -0.25) is 0 Å². The Hall–Kier alpha value is -1.84. The van der Waals surface area contributed by atoms with Gasteiger partial charge in [-0.1, -0.05) is 49.2 Å². The van der Waals surface area contributed by atoms with Crippen molar-refractivity contribution in [3.05, 3.63) is 54.1 Å². The van der Waals surface area contributed by atoms with Crippen LogP contribution in [0.25, 0.3) is 11.1 Å². The van der Waals surface area contributed by atoms with E-state index in [2.05, 4.69) is 60.5 Å². The fourth-order valence-electron chi connectivity index (χ4n) is 4.08. The average molecular weight is 366 g/mol. The van der Waals surface area contributed by atoms with Gasteiger partial charge in [-0.05, 0) is 61.6 Å². The molecule has 1 aliphatic heterocycles. The second-order valence-electron chi connectivity index (χ2n) is 8.06. The van der Waals surface area contributed by atoms with Gasteiger partial charge in [0.05, 0.1) is 12.7 Å². The topological polar surface area (TPSA) is 21.7 Å². The Bertz CT molecular complexity index is 696. The Balaban J connectivity index is 1.31. The lowest BCUT2D eigenvalue weighted by Gasteiger charge is -2.29. The molecule has 0 aromatic heterocycles. The van der Waals surface area contributed by atoms with Gasteiger partial charge < -0.3 is 14.4 Å². The number of ether oxygens (including phenoxy) is 2. The number of likely N-dealkylation sites (tertiary alicyclic amines) is 1. The van der Waals surface area contributed by atoms with Crippen LogP contribution >= 0.6 is 0 Å². The Kier molecular flexibility index (Phi) is 6.10. The van der Waals surface area contributed by atoms with Crippen molar-refractivity contribution in [3.8, 4) is 16.9 Å². The van der Waals surface area contributed by atoms with Gasteiger partial charge in [0.1, 0.15) is 11.9 Å². The van der Waals surface area contributed by atoms with Gasteiger partial charge in [0, 0.05) is 13.1 Å². The van der Waals surface area contributed by atoms with Crippen LogP contribution in [0.2, 0.25) is 0 Å². The largest absolute Gasteiger partial charge is 0.490 e. The maximum absolute atomic E-state index is 6.15. The molecule has 0 unspecified atom stereocenters. The molecule has 0 amide bonds. The first-order valence-corrected chi connectivity index (χ1v) is 10.4. The fourth-order valence-corrected chi connectivity index (χ4v) is 4.08. The van der Waals surface area contributed by atoms with Crippen LogP contribution in [0.15, 0.2) is 48.5 Å². The summed E-state index contributed by atoms with van der Waals surface area (Å²) < 4.78 is 12.2. The van der Waals surface area contributed by atoms with Crippen LogP contribution in [-0.2, 0) is 11.3 Å². The van der Waals surface area contributed by atoms with Gasteiger partial charge in [-0.25, -0.2) is 0 Å². The number of nitrogens with zero attached hydrogens (tertiary/aromatic N) is 1. The Labute approximate surface area is 163 Å². The molecule has 3 nitrogen and oxygen atoms in total. The van der Waals surface area contributed by atoms with E-state index in [0.29, 0.717) is 12.2 Å². The van der Waals surface area contributed by atoms with E-state index in [1.807, 2.05) is 0 Å². The van der Waals surface area contributed by atoms with E-state index in [1.165, 1.54) is 42.4 Å². The van der Waals surface area contributed by atoms with Crippen molar-refractivity contribution < 1.29 is 9.47 Å². The third-order valence-corrected chi connectivity index (χ3v) is 5.90. The van der Waals surface area contributed by atoms with E-state index in [4.69, 9.17) is 9.47 Å². The molecule has 27 heavy (non-hydrogen) atoms. The quantitative estimate of drug-likeness (QED) is 0.695. The number of hydrogen-bond acceptors (Lipinski definition) is 3.